The van der Waals surface area contributed by atoms with Crippen molar-refractivity contribution < 1.29 is 4.74 Å². The van der Waals surface area contributed by atoms with Crippen molar-refractivity contribution in [3.05, 3.63) is 28.8 Å². The van der Waals surface area contributed by atoms with Crippen LogP contribution in [0.2, 0.25) is 5.02 Å². The molecular weight excluding hydrogens is 270 g/mol. The van der Waals surface area contributed by atoms with Gasteiger partial charge in [0.25, 0.3) is 0 Å². The van der Waals surface area contributed by atoms with E-state index in [1.54, 1.807) is 0 Å². The van der Waals surface area contributed by atoms with Crippen LogP contribution in [0, 0.1) is 0 Å². The molecule has 2 fully saturated rings. The summed E-state index contributed by atoms with van der Waals surface area (Å²) in [5.74, 6) is 0.856. The molecule has 0 radical (unpaired) electrons. The van der Waals surface area contributed by atoms with Gasteiger partial charge in [-0.1, -0.05) is 24.1 Å². The number of benzene rings is 1. The zero-order valence-corrected chi connectivity index (χ0v) is 12.9. The fourth-order valence-corrected chi connectivity index (χ4v) is 3.10. The SMILES string of the molecule is Clc1cc(CCCN2CCCCC2)ccc1OC1CC1. The highest BCUT2D eigenvalue weighted by Gasteiger charge is 2.24. The van der Waals surface area contributed by atoms with Crippen LogP contribution >= 0.6 is 11.6 Å². The Bertz CT molecular complexity index is 439. The van der Waals surface area contributed by atoms with Crippen molar-refractivity contribution in [1.29, 1.82) is 0 Å². The van der Waals surface area contributed by atoms with Gasteiger partial charge >= 0.3 is 0 Å². The standard InChI is InChI=1S/C17H24ClNO/c18-16-13-14(6-9-17(16)20-15-7-8-15)5-4-12-19-10-2-1-3-11-19/h6,9,13,15H,1-5,7-8,10-12H2. The zero-order valence-electron chi connectivity index (χ0n) is 12.1. The summed E-state index contributed by atoms with van der Waals surface area (Å²) in [6.07, 6.45) is 9.26. The third-order valence-electron chi connectivity index (χ3n) is 4.20. The number of hydrogen-bond donors (Lipinski definition) is 0. The van der Waals surface area contributed by atoms with E-state index in [1.165, 1.54) is 63.7 Å². The second-order valence-electron chi connectivity index (χ2n) is 6.09. The summed E-state index contributed by atoms with van der Waals surface area (Å²) in [6.45, 7) is 3.79. The van der Waals surface area contributed by atoms with Gasteiger partial charge in [-0.2, -0.15) is 0 Å². The Balaban J connectivity index is 1.45. The van der Waals surface area contributed by atoms with Crippen molar-refractivity contribution in [2.45, 2.75) is 51.0 Å². The minimum Gasteiger partial charge on any atom is -0.489 e. The molecule has 0 amide bonds. The van der Waals surface area contributed by atoms with Crippen molar-refractivity contribution in [3.8, 4) is 5.75 Å². The van der Waals surface area contributed by atoms with E-state index >= 15 is 0 Å². The molecule has 2 aliphatic rings. The van der Waals surface area contributed by atoms with Gasteiger partial charge in [-0.3, -0.25) is 0 Å². The minimum absolute atomic E-state index is 0.414. The van der Waals surface area contributed by atoms with Crippen LogP contribution in [-0.4, -0.2) is 30.6 Å². The van der Waals surface area contributed by atoms with Gasteiger partial charge in [-0.05, 0) is 75.9 Å². The Hall–Kier alpha value is -0.730. The molecule has 0 aromatic heterocycles. The van der Waals surface area contributed by atoms with Gasteiger partial charge in [0, 0.05) is 0 Å². The number of halogens is 1. The first-order chi connectivity index (χ1) is 9.81. The molecule has 0 spiro atoms. The summed E-state index contributed by atoms with van der Waals surface area (Å²) in [6, 6.07) is 6.28. The molecule has 20 heavy (non-hydrogen) atoms. The molecule has 3 heteroatoms. The lowest BCUT2D eigenvalue weighted by Crippen LogP contribution is -2.30. The van der Waals surface area contributed by atoms with E-state index in [0.717, 1.165) is 17.2 Å². The molecule has 0 unspecified atom stereocenters. The van der Waals surface area contributed by atoms with Crippen molar-refractivity contribution >= 4 is 11.6 Å². The normalized spacial score (nSPS) is 20.1. The van der Waals surface area contributed by atoms with Gasteiger partial charge < -0.3 is 9.64 Å². The summed E-state index contributed by atoms with van der Waals surface area (Å²) in [4.78, 5) is 2.59. The maximum Gasteiger partial charge on any atom is 0.138 e. The molecule has 110 valence electrons. The Morgan fingerprint density at radius 1 is 1.15 bits per heavy atom. The van der Waals surface area contributed by atoms with E-state index in [2.05, 4.69) is 17.0 Å². The predicted molar refractivity (Wildman–Crippen MR) is 83.7 cm³/mol. The van der Waals surface area contributed by atoms with Crippen LogP contribution in [0.5, 0.6) is 5.75 Å². The number of rotatable bonds is 6. The number of likely N-dealkylation sites (tertiary alicyclic amines) is 1. The molecule has 3 rings (SSSR count). The molecule has 1 heterocycles. The third-order valence-corrected chi connectivity index (χ3v) is 4.50. The van der Waals surface area contributed by atoms with E-state index in [-0.39, 0.29) is 0 Å². The summed E-state index contributed by atoms with van der Waals surface area (Å²) in [5.41, 5.74) is 1.33. The second-order valence-corrected chi connectivity index (χ2v) is 6.50. The van der Waals surface area contributed by atoms with Crippen LogP contribution in [0.4, 0.5) is 0 Å². The van der Waals surface area contributed by atoms with E-state index in [4.69, 9.17) is 16.3 Å². The van der Waals surface area contributed by atoms with E-state index < -0.39 is 0 Å². The van der Waals surface area contributed by atoms with Gasteiger partial charge in [-0.15, -0.1) is 0 Å². The van der Waals surface area contributed by atoms with Crippen molar-refractivity contribution in [2.75, 3.05) is 19.6 Å². The largest absolute Gasteiger partial charge is 0.489 e. The summed E-state index contributed by atoms with van der Waals surface area (Å²) in [7, 11) is 0. The molecule has 2 nitrogen and oxygen atoms in total. The lowest BCUT2D eigenvalue weighted by Gasteiger charge is -2.26. The van der Waals surface area contributed by atoms with Crippen LogP contribution < -0.4 is 4.74 Å². The van der Waals surface area contributed by atoms with E-state index in [1.807, 2.05) is 6.07 Å². The van der Waals surface area contributed by atoms with Gasteiger partial charge in [0.2, 0.25) is 0 Å². The van der Waals surface area contributed by atoms with Gasteiger partial charge in [0.05, 0.1) is 11.1 Å². The number of piperidine rings is 1. The van der Waals surface area contributed by atoms with Gasteiger partial charge in [0.1, 0.15) is 5.75 Å². The number of ether oxygens (including phenoxy) is 1. The van der Waals surface area contributed by atoms with Crippen LogP contribution in [-0.2, 0) is 6.42 Å². The predicted octanol–water partition coefficient (Wildman–Crippen LogP) is 4.30. The number of hydrogen-bond acceptors (Lipinski definition) is 2. The van der Waals surface area contributed by atoms with Gasteiger partial charge in [0.15, 0.2) is 0 Å². The quantitative estimate of drug-likeness (QED) is 0.775. The smallest absolute Gasteiger partial charge is 0.138 e. The van der Waals surface area contributed by atoms with Crippen LogP contribution in [0.1, 0.15) is 44.1 Å². The summed E-state index contributed by atoms with van der Waals surface area (Å²) < 4.78 is 5.77. The highest BCUT2D eigenvalue weighted by Crippen LogP contribution is 2.32. The fourth-order valence-electron chi connectivity index (χ4n) is 2.85. The average Bonchev–Trinajstić information content (AvgIpc) is 3.27. The molecular formula is C17H24ClNO. The molecule has 1 aromatic rings. The summed E-state index contributed by atoms with van der Waals surface area (Å²) >= 11 is 6.29. The van der Waals surface area contributed by atoms with Crippen LogP contribution in [0.15, 0.2) is 18.2 Å². The first-order valence-electron chi connectivity index (χ1n) is 7.99. The Kier molecular flexibility index (Phi) is 4.85. The van der Waals surface area contributed by atoms with Gasteiger partial charge in [-0.25, -0.2) is 0 Å². The molecule has 1 saturated heterocycles. The topological polar surface area (TPSA) is 12.5 Å². The lowest BCUT2D eigenvalue weighted by atomic mass is 10.1. The number of aryl methyl sites for hydroxylation is 1. The molecule has 1 aromatic carbocycles. The monoisotopic (exact) mass is 293 g/mol. The first kappa shape index (κ1) is 14.2. The Morgan fingerprint density at radius 3 is 2.65 bits per heavy atom. The fraction of sp³-hybridized carbons (Fsp3) is 0.647. The molecule has 0 bridgehead atoms. The van der Waals surface area contributed by atoms with E-state index in [9.17, 15) is 0 Å². The maximum atomic E-state index is 6.29. The van der Waals surface area contributed by atoms with Crippen molar-refractivity contribution in [2.24, 2.45) is 0 Å². The zero-order chi connectivity index (χ0) is 13.8. The third kappa shape index (κ3) is 4.13. The molecule has 1 aliphatic carbocycles. The minimum atomic E-state index is 0.414. The second kappa shape index (κ2) is 6.82. The van der Waals surface area contributed by atoms with Crippen LogP contribution in [0.25, 0.3) is 0 Å². The first-order valence-corrected chi connectivity index (χ1v) is 8.36. The van der Waals surface area contributed by atoms with Crippen LogP contribution in [0.3, 0.4) is 0 Å². The van der Waals surface area contributed by atoms with Crippen molar-refractivity contribution in [3.63, 3.8) is 0 Å². The maximum absolute atomic E-state index is 6.29. The number of nitrogens with zero attached hydrogens (tertiary/aromatic N) is 1. The Morgan fingerprint density at radius 2 is 1.95 bits per heavy atom. The molecule has 1 saturated carbocycles. The summed E-state index contributed by atoms with van der Waals surface area (Å²) in [5, 5.41) is 0.771. The van der Waals surface area contributed by atoms with E-state index in [0.29, 0.717) is 6.10 Å². The lowest BCUT2D eigenvalue weighted by molar-refractivity contribution is 0.226. The van der Waals surface area contributed by atoms with Crippen molar-refractivity contribution in [1.82, 2.24) is 4.90 Å². The molecule has 0 N–H and O–H groups in total. The highest BCUT2D eigenvalue weighted by molar-refractivity contribution is 6.32. The molecule has 0 atom stereocenters. The Labute approximate surface area is 127 Å². The average molecular weight is 294 g/mol. The molecule has 1 aliphatic heterocycles. The highest BCUT2D eigenvalue weighted by atomic mass is 35.5.